The van der Waals surface area contributed by atoms with Crippen LogP contribution in [0.5, 0.6) is 5.75 Å². The highest BCUT2D eigenvalue weighted by Crippen LogP contribution is 2.29. The molecule has 130 valence electrons. The number of likely N-dealkylation sites (N-methyl/N-ethyl adjacent to an activating group) is 1. The molecule has 0 aliphatic heterocycles. The summed E-state index contributed by atoms with van der Waals surface area (Å²) in [7, 11) is 1.81. The molecule has 0 spiro atoms. The average molecular weight is 395 g/mol. The zero-order chi connectivity index (χ0) is 17.7. The second-order valence-electron chi connectivity index (χ2n) is 4.95. The van der Waals surface area contributed by atoms with Crippen LogP contribution < -0.4 is 10.1 Å². The van der Waals surface area contributed by atoms with E-state index in [4.69, 9.17) is 23.2 Å². The van der Waals surface area contributed by atoms with Gasteiger partial charge in [-0.1, -0.05) is 23.2 Å². The Labute approximate surface area is 151 Å². The molecular formula is C15H14Cl2F2N2O2S. The Morgan fingerprint density at radius 3 is 2.67 bits per heavy atom. The van der Waals surface area contributed by atoms with E-state index in [1.165, 1.54) is 29.5 Å². The van der Waals surface area contributed by atoms with Crippen molar-refractivity contribution < 1.29 is 18.3 Å². The molecule has 0 saturated carbocycles. The molecule has 1 amide bonds. The molecule has 0 aliphatic rings. The van der Waals surface area contributed by atoms with Gasteiger partial charge in [0, 0.05) is 17.1 Å². The number of halogens is 4. The molecule has 0 unspecified atom stereocenters. The van der Waals surface area contributed by atoms with Gasteiger partial charge in [-0.15, -0.1) is 11.3 Å². The van der Waals surface area contributed by atoms with Crippen LogP contribution in [0.3, 0.4) is 0 Å². The predicted molar refractivity (Wildman–Crippen MR) is 92.4 cm³/mol. The van der Waals surface area contributed by atoms with Crippen LogP contribution in [0.1, 0.15) is 4.88 Å². The number of hydrogen-bond acceptors (Lipinski definition) is 4. The minimum Gasteiger partial charge on any atom is -0.433 e. The third-order valence-electron chi connectivity index (χ3n) is 2.90. The fourth-order valence-corrected chi connectivity index (χ4v) is 3.37. The van der Waals surface area contributed by atoms with E-state index in [0.29, 0.717) is 16.6 Å². The number of amides is 1. The summed E-state index contributed by atoms with van der Waals surface area (Å²) in [5, 5.41) is 2.65. The fraction of sp³-hybridized carbons (Fsp3) is 0.267. The van der Waals surface area contributed by atoms with Gasteiger partial charge in [-0.05, 0) is 37.4 Å². The summed E-state index contributed by atoms with van der Waals surface area (Å²) in [5.41, 5.74) is 0.402. The zero-order valence-electron chi connectivity index (χ0n) is 12.6. The molecule has 1 aromatic heterocycles. The third kappa shape index (κ3) is 5.90. The van der Waals surface area contributed by atoms with Crippen LogP contribution in [0, 0.1) is 0 Å². The lowest BCUT2D eigenvalue weighted by Crippen LogP contribution is -2.29. The van der Waals surface area contributed by atoms with Crippen molar-refractivity contribution in [1.82, 2.24) is 4.90 Å². The number of ether oxygens (including phenoxy) is 1. The summed E-state index contributed by atoms with van der Waals surface area (Å²) in [6.45, 7) is -2.21. The Morgan fingerprint density at radius 2 is 2.08 bits per heavy atom. The van der Waals surface area contributed by atoms with Crippen molar-refractivity contribution in [2.45, 2.75) is 13.2 Å². The molecule has 1 heterocycles. The second kappa shape index (κ2) is 8.62. The summed E-state index contributed by atoms with van der Waals surface area (Å²) in [6.07, 6.45) is 0. The van der Waals surface area contributed by atoms with E-state index in [1.54, 1.807) is 13.1 Å². The van der Waals surface area contributed by atoms with Crippen molar-refractivity contribution in [2.75, 3.05) is 18.9 Å². The maximum atomic E-state index is 12.2. The molecular weight excluding hydrogens is 381 g/mol. The SMILES string of the molecule is CN(CC(=O)Nc1ccc(OC(F)F)c(Cl)c1)Cc1ccc(Cl)s1. The minimum absolute atomic E-state index is 0.00492. The van der Waals surface area contributed by atoms with E-state index in [1.807, 2.05) is 11.0 Å². The monoisotopic (exact) mass is 394 g/mol. The normalized spacial score (nSPS) is 11.1. The number of nitrogens with one attached hydrogen (secondary N) is 1. The van der Waals surface area contributed by atoms with E-state index in [-0.39, 0.29) is 23.2 Å². The van der Waals surface area contributed by atoms with E-state index in [2.05, 4.69) is 10.1 Å². The molecule has 0 atom stereocenters. The highest BCUT2D eigenvalue weighted by Gasteiger charge is 2.12. The summed E-state index contributed by atoms with van der Waals surface area (Å²) in [5.74, 6) is -0.393. The van der Waals surface area contributed by atoms with Crippen LogP contribution in [0.15, 0.2) is 30.3 Å². The Bertz CT molecular complexity index is 713. The number of benzene rings is 1. The number of alkyl halides is 2. The van der Waals surface area contributed by atoms with E-state index >= 15 is 0 Å². The van der Waals surface area contributed by atoms with Gasteiger partial charge >= 0.3 is 6.61 Å². The molecule has 2 rings (SSSR count). The first-order valence-corrected chi connectivity index (χ1v) is 8.37. The van der Waals surface area contributed by atoms with Gasteiger partial charge in [-0.25, -0.2) is 0 Å². The number of thiophene rings is 1. The average Bonchev–Trinajstić information content (AvgIpc) is 2.86. The van der Waals surface area contributed by atoms with E-state index in [9.17, 15) is 13.6 Å². The lowest BCUT2D eigenvalue weighted by atomic mass is 10.3. The zero-order valence-corrected chi connectivity index (χ0v) is 14.9. The maximum absolute atomic E-state index is 12.2. The molecule has 0 aliphatic carbocycles. The summed E-state index contributed by atoms with van der Waals surface area (Å²) in [4.78, 5) is 14.9. The number of carbonyl (C=O) groups excluding carboxylic acids is 1. The van der Waals surface area contributed by atoms with Crippen LogP contribution in [0.2, 0.25) is 9.36 Å². The van der Waals surface area contributed by atoms with Crippen molar-refractivity contribution in [3.63, 3.8) is 0 Å². The fourth-order valence-electron chi connectivity index (χ4n) is 1.97. The van der Waals surface area contributed by atoms with Gasteiger partial charge in [-0.2, -0.15) is 8.78 Å². The topological polar surface area (TPSA) is 41.6 Å². The summed E-state index contributed by atoms with van der Waals surface area (Å²) < 4.78 is 29.3. The van der Waals surface area contributed by atoms with Crippen LogP contribution in [-0.4, -0.2) is 31.0 Å². The highest BCUT2D eigenvalue weighted by atomic mass is 35.5. The van der Waals surface area contributed by atoms with Crippen LogP contribution >= 0.6 is 34.5 Å². The number of hydrogen-bond donors (Lipinski definition) is 1. The first-order valence-electron chi connectivity index (χ1n) is 6.80. The van der Waals surface area contributed by atoms with Crippen molar-refractivity contribution >= 4 is 46.1 Å². The first-order chi connectivity index (χ1) is 11.3. The number of anilines is 1. The van der Waals surface area contributed by atoms with E-state index in [0.717, 1.165) is 4.88 Å². The quantitative estimate of drug-likeness (QED) is 0.737. The highest BCUT2D eigenvalue weighted by molar-refractivity contribution is 7.16. The van der Waals surface area contributed by atoms with Crippen molar-refractivity contribution in [1.29, 1.82) is 0 Å². The van der Waals surface area contributed by atoms with Gasteiger partial charge < -0.3 is 10.1 Å². The van der Waals surface area contributed by atoms with Gasteiger partial charge in [0.15, 0.2) is 0 Å². The molecule has 2 aromatic rings. The standard InChI is InChI=1S/C15H14Cl2F2N2O2S/c1-21(7-10-3-5-13(17)24-10)8-14(22)20-9-2-4-12(11(16)6-9)23-15(18)19/h2-6,15H,7-8H2,1H3,(H,20,22). The Hall–Kier alpha value is -1.41. The molecule has 0 bridgehead atoms. The summed E-state index contributed by atoms with van der Waals surface area (Å²) >= 11 is 13.2. The Balaban J connectivity index is 1.88. The van der Waals surface area contributed by atoms with Gasteiger partial charge in [0.2, 0.25) is 5.91 Å². The predicted octanol–water partition coefficient (Wildman–Crippen LogP) is 4.73. The van der Waals surface area contributed by atoms with Gasteiger partial charge in [0.05, 0.1) is 15.9 Å². The van der Waals surface area contributed by atoms with Crippen molar-refractivity contribution in [2.24, 2.45) is 0 Å². The van der Waals surface area contributed by atoms with Gasteiger partial charge in [0.25, 0.3) is 0 Å². The number of carbonyl (C=O) groups is 1. The molecule has 0 radical (unpaired) electrons. The van der Waals surface area contributed by atoms with Gasteiger partial charge in [-0.3, -0.25) is 9.69 Å². The first kappa shape index (κ1) is 18.9. The van der Waals surface area contributed by atoms with Crippen LogP contribution in [0.4, 0.5) is 14.5 Å². The lowest BCUT2D eigenvalue weighted by molar-refractivity contribution is -0.117. The molecule has 1 aromatic carbocycles. The largest absolute Gasteiger partial charge is 0.433 e. The van der Waals surface area contributed by atoms with Gasteiger partial charge in [0.1, 0.15) is 5.75 Å². The maximum Gasteiger partial charge on any atom is 0.387 e. The third-order valence-corrected chi connectivity index (χ3v) is 4.41. The lowest BCUT2D eigenvalue weighted by Gasteiger charge is -2.15. The molecule has 0 fully saturated rings. The smallest absolute Gasteiger partial charge is 0.387 e. The summed E-state index contributed by atoms with van der Waals surface area (Å²) in [6, 6.07) is 7.79. The van der Waals surface area contributed by atoms with Crippen LogP contribution in [0.25, 0.3) is 0 Å². The Morgan fingerprint density at radius 1 is 1.33 bits per heavy atom. The number of nitrogens with zero attached hydrogens (tertiary/aromatic N) is 1. The second-order valence-corrected chi connectivity index (χ2v) is 7.16. The van der Waals surface area contributed by atoms with E-state index < -0.39 is 6.61 Å². The van der Waals surface area contributed by atoms with Crippen molar-refractivity contribution in [3.05, 3.63) is 44.6 Å². The minimum atomic E-state index is -2.96. The molecule has 4 nitrogen and oxygen atoms in total. The van der Waals surface area contributed by atoms with Crippen LogP contribution in [-0.2, 0) is 11.3 Å². The molecule has 9 heteroatoms. The molecule has 0 saturated heterocycles. The van der Waals surface area contributed by atoms with Crippen molar-refractivity contribution in [3.8, 4) is 5.75 Å². The number of rotatable bonds is 7. The molecule has 24 heavy (non-hydrogen) atoms. The molecule has 1 N–H and O–H groups in total. The Kier molecular flexibility index (Phi) is 6.79.